The zero-order valence-corrected chi connectivity index (χ0v) is 24.1. The molecule has 0 aromatic heterocycles. The van der Waals surface area contributed by atoms with Crippen LogP contribution in [0.2, 0.25) is 0 Å². The Morgan fingerprint density at radius 1 is 0.778 bits per heavy atom. The van der Waals surface area contributed by atoms with Gasteiger partial charge in [0.15, 0.2) is 0 Å². The van der Waals surface area contributed by atoms with Crippen molar-refractivity contribution in [1.29, 1.82) is 0 Å². The van der Waals surface area contributed by atoms with Gasteiger partial charge < -0.3 is 10.2 Å². The molecule has 4 rings (SSSR count). The van der Waals surface area contributed by atoms with Crippen LogP contribution in [0.25, 0.3) is 0 Å². The molecular formula is C32H42N3P. The van der Waals surface area contributed by atoms with Crippen molar-refractivity contribution in [3.05, 3.63) is 84.4 Å². The van der Waals surface area contributed by atoms with Gasteiger partial charge in [-0.1, -0.05) is 112 Å². The highest BCUT2D eigenvalue weighted by Gasteiger charge is 2.37. The van der Waals surface area contributed by atoms with Crippen LogP contribution in [-0.2, 0) is 0 Å². The lowest BCUT2D eigenvalue weighted by atomic mass is 10.1. The van der Waals surface area contributed by atoms with Gasteiger partial charge in [0.2, 0.25) is 0 Å². The van der Waals surface area contributed by atoms with E-state index in [0.717, 1.165) is 23.6 Å². The Bertz CT molecular complexity index is 1190. The molecule has 0 fully saturated rings. The zero-order valence-electron chi connectivity index (χ0n) is 23.2. The number of amidine groups is 1. The maximum atomic E-state index is 5.26. The van der Waals surface area contributed by atoms with Gasteiger partial charge in [0.05, 0.1) is 6.04 Å². The number of aliphatic imine (C=N–C) groups is 1. The highest BCUT2D eigenvalue weighted by Crippen LogP contribution is 2.59. The fourth-order valence-electron chi connectivity index (χ4n) is 5.39. The van der Waals surface area contributed by atoms with Gasteiger partial charge in [-0.15, -0.1) is 0 Å². The van der Waals surface area contributed by atoms with Crippen molar-refractivity contribution in [2.75, 3.05) is 16.8 Å². The molecule has 0 aliphatic carbocycles. The summed E-state index contributed by atoms with van der Waals surface area (Å²) in [7, 11) is -0.439. The summed E-state index contributed by atoms with van der Waals surface area (Å²) >= 11 is 0. The van der Waals surface area contributed by atoms with Crippen LogP contribution in [0.15, 0.2) is 83.9 Å². The van der Waals surface area contributed by atoms with E-state index >= 15 is 0 Å². The van der Waals surface area contributed by atoms with Gasteiger partial charge in [0.1, 0.15) is 5.84 Å². The predicted octanol–water partition coefficient (Wildman–Crippen LogP) is 8.43. The Balaban J connectivity index is 1.78. The van der Waals surface area contributed by atoms with Crippen molar-refractivity contribution in [2.24, 2.45) is 10.9 Å². The summed E-state index contributed by atoms with van der Waals surface area (Å²) in [6, 6.07) is 28.5. The highest BCUT2D eigenvalue weighted by atomic mass is 31.1. The largest absolute Gasteiger partial charge is 0.354 e. The molecule has 0 spiro atoms. The standard InChI is InChI=1S/C32H42N3P/c1-23(2)28-22-35(24-16-10-9-11-17-24)30(34-28)25-18-12-13-19-26(25)33-27-20-14-15-21-29(27)36(31(3,4)5)32(6,7)8/h9-21,23,28,33H,22H2,1-8H3/t28-/m1/s1. The third kappa shape index (κ3) is 5.68. The molecule has 0 saturated carbocycles. The van der Waals surface area contributed by atoms with Crippen molar-refractivity contribution in [3.8, 4) is 0 Å². The van der Waals surface area contributed by atoms with E-state index in [1.165, 1.54) is 16.7 Å². The fraction of sp³-hybridized carbons (Fsp3) is 0.406. The molecule has 0 saturated heterocycles. The Labute approximate surface area is 219 Å². The number of rotatable bonds is 6. The van der Waals surface area contributed by atoms with E-state index in [1.807, 2.05) is 0 Å². The summed E-state index contributed by atoms with van der Waals surface area (Å²) < 4.78 is 0. The van der Waals surface area contributed by atoms with Gasteiger partial charge >= 0.3 is 0 Å². The van der Waals surface area contributed by atoms with E-state index in [4.69, 9.17) is 4.99 Å². The van der Waals surface area contributed by atoms with Crippen LogP contribution in [0.4, 0.5) is 17.1 Å². The summed E-state index contributed by atoms with van der Waals surface area (Å²) in [5.41, 5.74) is 4.65. The second kappa shape index (κ2) is 10.4. The quantitative estimate of drug-likeness (QED) is 0.345. The molecule has 0 unspecified atom stereocenters. The molecule has 36 heavy (non-hydrogen) atoms. The van der Waals surface area contributed by atoms with E-state index in [-0.39, 0.29) is 16.4 Å². The summed E-state index contributed by atoms with van der Waals surface area (Å²) in [4.78, 5) is 7.64. The third-order valence-electron chi connectivity index (χ3n) is 6.67. The van der Waals surface area contributed by atoms with Crippen LogP contribution in [-0.4, -0.2) is 28.7 Å². The van der Waals surface area contributed by atoms with E-state index in [0.29, 0.717) is 5.92 Å². The highest BCUT2D eigenvalue weighted by molar-refractivity contribution is 7.68. The van der Waals surface area contributed by atoms with Crippen LogP contribution < -0.4 is 15.5 Å². The zero-order chi connectivity index (χ0) is 26.1. The van der Waals surface area contributed by atoms with Gasteiger partial charge in [-0.25, -0.2) is 0 Å². The van der Waals surface area contributed by atoms with Gasteiger partial charge in [0, 0.05) is 34.5 Å². The number of nitrogens with one attached hydrogen (secondary N) is 1. The van der Waals surface area contributed by atoms with E-state index in [2.05, 4.69) is 144 Å². The maximum absolute atomic E-state index is 5.26. The third-order valence-corrected chi connectivity index (χ3v) is 10.2. The minimum Gasteiger partial charge on any atom is -0.354 e. The minimum absolute atomic E-state index is 0.189. The van der Waals surface area contributed by atoms with Crippen LogP contribution >= 0.6 is 7.92 Å². The molecule has 1 aliphatic rings. The molecule has 1 aliphatic heterocycles. The Hall–Kier alpha value is -2.64. The number of benzene rings is 3. The SMILES string of the molecule is CC(C)[C@H]1CN(c2ccccc2)C(c2ccccc2Nc2ccccc2P(C(C)(C)C)C(C)(C)C)=N1. The lowest BCUT2D eigenvalue weighted by Crippen LogP contribution is -2.32. The van der Waals surface area contributed by atoms with E-state index < -0.39 is 7.92 Å². The van der Waals surface area contributed by atoms with E-state index in [9.17, 15) is 0 Å². The number of anilines is 3. The summed E-state index contributed by atoms with van der Waals surface area (Å²) in [6.07, 6.45) is 0. The molecule has 4 heteroatoms. The number of nitrogens with zero attached hydrogens (tertiary/aromatic N) is 2. The average Bonchev–Trinajstić information content (AvgIpc) is 3.25. The topological polar surface area (TPSA) is 27.6 Å². The summed E-state index contributed by atoms with van der Waals surface area (Å²) in [5.74, 6) is 1.53. The van der Waals surface area contributed by atoms with Crippen LogP contribution in [0.3, 0.4) is 0 Å². The average molecular weight is 500 g/mol. The Kier molecular flexibility index (Phi) is 7.62. The molecule has 0 bridgehead atoms. The van der Waals surface area contributed by atoms with Crippen molar-refractivity contribution < 1.29 is 0 Å². The van der Waals surface area contributed by atoms with Gasteiger partial charge in [-0.3, -0.25) is 4.99 Å². The molecule has 3 nitrogen and oxygen atoms in total. The van der Waals surface area contributed by atoms with Gasteiger partial charge in [-0.05, 0) is 46.6 Å². The lowest BCUT2D eigenvalue weighted by Gasteiger charge is -2.42. The van der Waals surface area contributed by atoms with Crippen molar-refractivity contribution in [1.82, 2.24) is 0 Å². The molecule has 1 N–H and O–H groups in total. The molecule has 0 radical (unpaired) electrons. The second-order valence-electron chi connectivity index (χ2n) is 12.1. The predicted molar refractivity (Wildman–Crippen MR) is 161 cm³/mol. The van der Waals surface area contributed by atoms with Gasteiger partial charge in [-0.2, -0.15) is 0 Å². The van der Waals surface area contributed by atoms with Gasteiger partial charge in [0.25, 0.3) is 0 Å². The second-order valence-corrected chi connectivity index (χ2v) is 15.9. The molecule has 1 atom stereocenters. The lowest BCUT2D eigenvalue weighted by molar-refractivity contribution is 0.521. The molecule has 0 amide bonds. The molecule has 190 valence electrons. The maximum Gasteiger partial charge on any atom is 0.137 e. The monoisotopic (exact) mass is 499 g/mol. The van der Waals surface area contributed by atoms with Crippen molar-refractivity contribution >= 4 is 36.1 Å². The van der Waals surface area contributed by atoms with Crippen molar-refractivity contribution in [2.45, 2.75) is 71.7 Å². The first-order valence-electron chi connectivity index (χ1n) is 13.1. The van der Waals surface area contributed by atoms with Crippen molar-refractivity contribution in [3.63, 3.8) is 0 Å². The van der Waals surface area contributed by atoms with Crippen LogP contribution in [0.1, 0.15) is 61.0 Å². The number of para-hydroxylation sites is 3. The fourth-order valence-corrected chi connectivity index (χ4v) is 9.45. The summed E-state index contributed by atoms with van der Waals surface area (Å²) in [6.45, 7) is 19.7. The van der Waals surface area contributed by atoms with E-state index in [1.54, 1.807) is 0 Å². The summed E-state index contributed by atoms with van der Waals surface area (Å²) in [5, 5.41) is 5.67. The first-order chi connectivity index (χ1) is 17.0. The van der Waals surface area contributed by atoms with Crippen LogP contribution in [0.5, 0.6) is 0 Å². The Morgan fingerprint density at radius 2 is 1.33 bits per heavy atom. The molecule has 1 heterocycles. The first kappa shape index (κ1) is 26.4. The first-order valence-corrected chi connectivity index (χ1v) is 14.5. The Morgan fingerprint density at radius 3 is 1.94 bits per heavy atom. The van der Waals surface area contributed by atoms with Crippen LogP contribution in [0, 0.1) is 5.92 Å². The molecule has 3 aromatic rings. The molecular weight excluding hydrogens is 457 g/mol. The smallest absolute Gasteiger partial charge is 0.137 e. The molecule has 3 aromatic carbocycles. The normalized spacial score (nSPS) is 16.6. The minimum atomic E-state index is -0.439. The number of hydrogen-bond acceptors (Lipinski definition) is 3. The number of hydrogen-bond donors (Lipinski definition) is 1.